The smallest absolute Gasteiger partial charge is 0.0936 e. The van der Waals surface area contributed by atoms with Crippen LogP contribution in [0.15, 0.2) is 0 Å². The van der Waals surface area contributed by atoms with Gasteiger partial charge in [-0.05, 0) is 14.0 Å². The topological polar surface area (TPSA) is 36.0 Å². The van der Waals surface area contributed by atoms with Crippen molar-refractivity contribution in [2.75, 3.05) is 26.7 Å². The Morgan fingerprint density at radius 3 is 2.80 bits per heavy atom. The van der Waals surface area contributed by atoms with Gasteiger partial charge in [0.15, 0.2) is 0 Å². The quantitative estimate of drug-likeness (QED) is 0.552. The summed E-state index contributed by atoms with van der Waals surface area (Å²) >= 11 is 0. The molecule has 1 aliphatic rings. The Hall–Kier alpha value is -0.120. The number of hydrogen-bond acceptors (Lipinski definition) is 3. The van der Waals surface area contributed by atoms with E-state index in [1.54, 1.807) is 6.92 Å². The maximum absolute atomic E-state index is 8.97. The lowest BCUT2D eigenvalue weighted by molar-refractivity contribution is 0.137. The van der Waals surface area contributed by atoms with E-state index < -0.39 is 0 Å². The number of epoxide rings is 1. The van der Waals surface area contributed by atoms with Gasteiger partial charge in [0.05, 0.1) is 18.8 Å². The molecule has 0 saturated carbocycles. The first kappa shape index (κ1) is 7.98. The summed E-state index contributed by atoms with van der Waals surface area (Å²) in [5.41, 5.74) is 0. The Balaban J connectivity index is 2.02. The van der Waals surface area contributed by atoms with E-state index in [1.165, 1.54) is 0 Å². The minimum atomic E-state index is -0.233. The van der Waals surface area contributed by atoms with Gasteiger partial charge < -0.3 is 14.7 Å². The Morgan fingerprint density at radius 1 is 1.80 bits per heavy atom. The van der Waals surface area contributed by atoms with Crippen LogP contribution < -0.4 is 0 Å². The van der Waals surface area contributed by atoms with E-state index in [4.69, 9.17) is 9.84 Å². The fourth-order valence-electron chi connectivity index (χ4n) is 1.05. The first-order chi connectivity index (χ1) is 4.68. The summed E-state index contributed by atoms with van der Waals surface area (Å²) in [6.45, 7) is 4.37. The fraction of sp³-hybridized carbons (Fsp3) is 1.00. The second-order valence-corrected chi connectivity index (χ2v) is 3.03. The third-order valence-corrected chi connectivity index (χ3v) is 1.49. The van der Waals surface area contributed by atoms with Crippen molar-refractivity contribution in [2.45, 2.75) is 19.1 Å². The number of hydrogen-bond donors (Lipinski definition) is 1. The van der Waals surface area contributed by atoms with E-state index in [0.717, 1.165) is 19.7 Å². The van der Waals surface area contributed by atoms with Gasteiger partial charge in [-0.15, -0.1) is 0 Å². The van der Waals surface area contributed by atoms with Gasteiger partial charge in [0.25, 0.3) is 0 Å². The van der Waals surface area contributed by atoms with Gasteiger partial charge in [-0.2, -0.15) is 0 Å². The Bertz CT molecular complexity index is 97.8. The van der Waals surface area contributed by atoms with Crippen LogP contribution in [0, 0.1) is 0 Å². The van der Waals surface area contributed by atoms with Crippen LogP contribution in [0.25, 0.3) is 0 Å². The number of ether oxygens (including phenoxy) is 1. The van der Waals surface area contributed by atoms with Gasteiger partial charge in [0.1, 0.15) is 0 Å². The minimum absolute atomic E-state index is 0.233. The van der Waals surface area contributed by atoms with Crippen molar-refractivity contribution in [2.24, 2.45) is 0 Å². The van der Waals surface area contributed by atoms with Crippen LogP contribution in [0.5, 0.6) is 0 Å². The molecule has 0 spiro atoms. The number of aliphatic hydroxyl groups excluding tert-OH is 1. The summed E-state index contributed by atoms with van der Waals surface area (Å²) in [5, 5.41) is 8.97. The highest BCUT2D eigenvalue weighted by molar-refractivity contribution is 4.73. The molecule has 0 aliphatic carbocycles. The number of nitrogens with zero attached hydrogens (tertiary/aromatic N) is 1. The van der Waals surface area contributed by atoms with Crippen LogP contribution in [-0.4, -0.2) is 49.0 Å². The molecular formula is C7H15NO2. The molecule has 0 aromatic heterocycles. The van der Waals surface area contributed by atoms with Gasteiger partial charge in [-0.25, -0.2) is 0 Å². The molecule has 60 valence electrons. The minimum Gasteiger partial charge on any atom is -0.392 e. The molecule has 1 N–H and O–H groups in total. The monoisotopic (exact) mass is 145 g/mol. The lowest BCUT2D eigenvalue weighted by atomic mass is 10.3. The van der Waals surface area contributed by atoms with Crippen molar-refractivity contribution in [1.82, 2.24) is 4.90 Å². The van der Waals surface area contributed by atoms with Crippen LogP contribution in [0.3, 0.4) is 0 Å². The molecular weight excluding hydrogens is 130 g/mol. The molecule has 1 rings (SSSR count). The largest absolute Gasteiger partial charge is 0.392 e. The Labute approximate surface area is 61.6 Å². The van der Waals surface area contributed by atoms with Gasteiger partial charge in [0, 0.05) is 13.1 Å². The van der Waals surface area contributed by atoms with E-state index in [9.17, 15) is 0 Å². The predicted octanol–water partition coefficient (Wildman–Crippen LogP) is -0.302. The first-order valence-corrected chi connectivity index (χ1v) is 3.66. The summed E-state index contributed by atoms with van der Waals surface area (Å²) in [6, 6.07) is 0. The summed E-state index contributed by atoms with van der Waals surface area (Å²) in [7, 11) is 1.99. The SMILES string of the molecule is CC(O)CN(C)C[C@@H]1CO1. The standard InChI is InChI=1S/C7H15NO2/c1-6(9)3-8(2)4-7-5-10-7/h6-7,9H,3-5H2,1-2H3/t6?,7-/m1/s1. The Kier molecular flexibility index (Phi) is 2.65. The molecule has 1 fully saturated rings. The molecule has 1 heterocycles. The van der Waals surface area contributed by atoms with E-state index >= 15 is 0 Å². The summed E-state index contributed by atoms with van der Waals surface area (Å²) in [4.78, 5) is 2.09. The highest BCUT2D eigenvalue weighted by Gasteiger charge is 2.23. The molecule has 0 aromatic carbocycles. The zero-order chi connectivity index (χ0) is 7.56. The maximum Gasteiger partial charge on any atom is 0.0936 e. The molecule has 3 heteroatoms. The molecule has 1 saturated heterocycles. The first-order valence-electron chi connectivity index (χ1n) is 3.66. The van der Waals surface area contributed by atoms with Gasteiger partial charge in [-0.3, -0.25) is 0 Å². The van der Waals surface area contributed by atoms with Crippen molar-refractivity contribution < 1.29 is 9.84 Å². The van der Waals surface area contributed by atoms with Crippen LogP contribution in [0.1, 0.15) is 6.92 Å². The summed E-state index contributed by atoms with van der Waals surface area (Å²) < 4.78 is 5.04. The van der Waals surface area contributed by atoms with Crippen molar-refractivity contribution in [3.8, 4) is 0 Å². The van der Waals surface area contributed by atoms with Gasteiger partial charge >= 0.3 is 0 Å². The van der Waals surface area contributed by atoms with Crippen molar-refractivity contribution in [3.05, 3.63) is 0 Å². The van der Waals surface area contributed by atoms with Crippen molar-refractivity contribution >= 4 is 0 Å². The fourth-order valence-corrected chi connectivity index (χ4v) is 1.05. The lowest BCUT2D eigenvalue weighted by Crippen LogP contribution is -2.30. The molecule has 0 radical (unpaired) electrons. The maximum atomic E-state index is 8.97. The van der Waals surface area contributed by atoms with Gasteiger partial charge in [0.2, 0.25) is 0 Å². The lowest BCUT2D eigenvalue weighted by Gasteiger charge is -2.16. The molecule has 0 aromatic rings. The third kappa shape index (κ3) is 3.15. The average molecular weight is 145 g/mol. The van der Waals surface area contributed by atoms with E-state index in [2.05, 4.69) is 4.90 Å². The molecule has 0 amide bonds. The second kappa shape index (κ2) is 3.32. The summed E-state index contributed by atoms with van der Waals surface area (Å²) in [6.07, 6.45) is 0.201. The van der Waals surface area contributed by atoms with Crippen LogP contribution in [-0.2, 0) is 4.74 Å². The molecule has 10 heavy (non-hydrogen) atoms. The number of aliphatic hydroxyl groups is 1. The third-order valence-electron chi connectivity index (χ3n) is 1.49. The number of likely N-dealkylation sites (N-methyl/N-ethyl adjacent to an activating group) is 1. The highest BCUT2D eigenvalue weighted by Crippen LogP contribution is 2.09. The molecule has 3 nitrogen and oxygen atoms in total. The van der Waals surface area contributed by atoms with Crippen LogP contribution in [0.4, 0.5) is 0 Å². The highest BCUT2D eigenvalue weighted by atomic mass is 16.6. The summed E-state index contributed by atoms with van der Waals surface area (Å²) in [5.74, 6) is 0. The van der Waals surface area contributed by atoms with Crippen LogP contribution in [0.2, 0.25) is 0 Å². The van der Waals surface area contributed by atoms with Crippen LogP contribution >= 0.6 is 0 Å². The van der Waals surface area contributed by atoms with E-state index in [-0.39, 0.29) is 6.10 Å². The van der Waals surface area contributed by atoms with E-state index in [1.807, 2.05) is 7.05 Å². The average Bonchev–Trinajstić information content (AvgIpc) is 2.46. The molecule has 0 bridgehead atoms. The Morgan fingerprint density at radius 2 is 2.40 bits per heavy atom. The van der Waals surface area contributed by atoms with Crippen molar-refractivity contribution in [3.63, 3.8) is 0 Å². The zero-order valence-electron chi connectivity index (χ0n) is 6.58. The van der Waals surface area contributed by atoms with Gasteiger partial charge in [-0.1, -0.05) is 0 Å². The van der Waals surface area contributed by atoms with Crippen molar-refractivity contribution in [1.29, 1.82) is 0 Å². The normalized spacial score (nSPS) is 27.0. The molecule has 1 aliphatic heterocycles. The number of rotatable bonds is 4. The molecule has 1 unspecified atom stereocenters. The van der Waals surface area contributed by atoms with E-state index in [0.29, 0.717) is 6.10 Å². The zero-order valence-corrected chi connectivity index (χ0v) is 6.58. The predicted molar refractivity (Wildman–Crippen MR) is 38.9 cm³/mol. The second-order valence-electron chi connectivity index (χ2n) is 3.03. The molecule has 2 atom stereocenters.